The number of nitrogens with one attached hydrogen (secondary N) is 1. The predicted octanol–water partition coefficient (Wildman–Crippen LogP) is 3.31. The van der Waals surface area contributed by atoms with E-state index >= 15 is 0 Å². The maximum atomic E-state index is 11.5. The van der Waals surface area contributed by atoms with Crippen LogP contribution in [0.3, 0.4) is 0 Å². The second-order valence-corrected chi connectivity index (χ2v) is 5.18. The first-order chi connectivity index (χ1) is 7.74. The van der Waals surface area contributed by atoms with Gasteiger partial charge < -0.3 is 9.73 Å². The van der Waals surface area contributed by atoms with Crippen molar-refractivity contribution in [3.63, 3.8) is 0 Å². The van der Waals surface area contributed by atoms with E-state index in [1.165, 1.54) is 12.2 Å². The predicted molar refractivity (Wildman–Crippen MR) is 71.0 cm³/mol. The molecule has 1 N–H and O–H groups in total. The maximum Gasteiger partial charge on any atom is 0.287 e. The molecule has 0 aliphatic carbocycles. The van der Waals surface area contributed by atoms with Gasteiger partial charge in [-0.2, -0.15) is 11.8 Å². The fourth-order valence-corrected chi connectivity index (χ4v) is 2.07. The third-order valence-corrected chi connectivity index (χ3v) is 3.23. The number of thioether (sulfide) groups is 1. The van der Waals surface area contributed by atoms with Gasteiger partial charge in [-0.05, 0) is 52.9 Å². The zero-order valence-electron chi connectivity index (χ0n) is 9.29. The molecule has 1 heterocycles. The molecular formula is C11H16BrNO2S. The van der Waals surface area contributed by atoms with Crippen molar-refractivity contribution in [3.05, 3.63) is 22.6 Å². The van der Waals surface area contributed by atoms with Crippen molar-refractivity contribution in [2.45, 2.75) is 19.3 Å². The number of amides is 1. The number of furan rings is 1. The van der Waals surface area contributed by atoms with Crippen LogP contribution in [0.4, 0.5) is 0 Å². The zero-order chi connectivity index (χ0) is 11.8. The summed E-state index contributed by atoms with van der Waals surface area (Å²) in [6.45, 7) is 0.714. The highest BCUT2D eigenvalue weighted by Gasteiger charge is 2.08. The van der Waals surface area contributed by atoms with Gasteiger partial charge in [0.25, 0.3) is 5.91 Å². The maximum absolute atomic E-state index is 11.5. The van der Waals surface area contributed by atoms with Gasteiger partial charge in [0, 0.05) is 6.54 Å². The fraction of sp³-hybridized carbons (Fsp3) is 0.545. The van der Waals surface area contributed by atoms with Crippen LogP contribution in [0.15, 0.2) is 21.2 Å². The topological polar surface area (TPSA) is 42.2 Å². The number of unbranched alkanes of at least 4 members (excludes halogenated alkanes) is 2. The van der Waals surface area contributed by atoms with Gasteiger partial charge >= 0.3 is 0 Å². The number of rotatable bonds is 7. The molecule has 0 spiro atoms. The summed E-state index contributed by atoms with van der Waals surface area (Å²) in [5.74, 6) is 1.41. The summed E-state index contributed by atoms with van der Waals surface area (Å²) < 4.78 is 5.72. The molecule has 0 aliphatic heterocycles. The van der Waals surface area contributed by atoms with Gasteiger partial charge in [0.1, 0.15) is 0 Å². The SMILES string of the molecule is CSCCCCCNC(=O)c1ccc(Br)o1. The molecule has 0 unspecified atom stereocenters. The average Bonchev–Trinajstić information content (AvgIpc) is 2.70. The first-order valence-electron chi connectivity index (χ1n) is 5.26. The Morgan fingerprint density at radius 1 is 1.44 bits per heavy atom. The number of halogens is 1. The van der Waals surface area contributed by atoms with Gasteiger partial charge in [-0.15, -0.1) is 0 Å². The normalized spacial score (nSPS) is 10.4. The van der Waals surface area contributed by atoms with Crippen molar-refractivity contribution in [3.8, 4) is 0 Å². The van der Waals surface area contributed by atoms with Gasteiger partial charge in [-0.1, -0.05) is 6.42 Å². The summed E-state index contributed by atoms with van der Waals surface area (Å²) in [6.07, 6.45) is 5.50. The minimum absolute atomic E-state index is 0.143. The van der Waals surface area contributed by atoms with Crippen LogP contribution in [0.1, 0.15) is 29.8 Å². The molecule has 1 amide bonds. The first kappa shape index (κ1) is 13.6. The van der Waals surface area contributed by atoms with Crippen LogP contribution in [-0.2, 0) is 0 Å². The quantitative estimate of drug-likeness (QED) is 0.786. The number of carbonyl (C=O) groups is 1. The lowest BCUT2D eigenvalue weighted by Gasteiger charge is -2.02. The molecule has 0 saturated heterocycles. The van der Waals surface area contributed by atoms with E-state index in [4.69, 9.17) is 4.42 Å². The molecule has 90 valence electrons. The zero-order valence-corrected chi connectivity index (χ0v) is 11.7. The van der Waals surface area contributed by atoms with Crippen molar-refractivity contribution >= 4 is 33.6 Å². The molecule has 0 radical (unpaired) electrons. The van der Waals surface area contributed by atoms with Gasteiger partial charge in [0.2, 0.25) is 0 Å². The Labute approximate surface area is 108 Å². The molecule has 16 heavy (non-hydrogen) atoms. The van der Waals surface area contributed by atoms with Gasteiger partial charge in [-0.25, -0.2) is 0 Å². The van der Waals surface area contributed by atoms with Gasteiger partial charge in [0.05, 0.1) is 0 Å². The van der Waals surface area contributed by atoms with Gasteiger partial charge in [0.15, 0.2) is 10.4 Å². The van der Waals surface area contributed by atoms with Crippen molar-refractivity contribution in [2.75, 3.05) is 18.6 Å². The molecule has 0 atom stereocenters. The van der Waals surface area contributed by atoms with E-state index in [0.717, 1.165) is 12.8 Å². The molecule has 0 aliphatic rings. The largest absolute Gasteiger partial charge is 0.444 e. The Balaban J connectivity index is 2.11. The van der Waals surface area contributed by atoms with E-state index in [1.807, 2.05) is 11.8 Å². The molecule has 0 fully saturated rings. The Kier molecular flexibility index (Phi) is 6.64. The molecule has 3 nitrogen and oxygen atoms in total. The van der Waals surface area contributed by atoms with Crippen molar-refractivity contribution in [1.29, 1.82) is 0 Å². The summed E-state index contributed by atoms with van der Waals surface area (Å²) in [4.78, 5) is 11.5. The Hall–Kier alpha value is -0.420. The third kappa shape index (κ3) is 5.07. The summed E-state index contributed by atoms with van der Waals surface area (Å²) in [5, 5.41) is 2.83. The fourth-order valence-electron chi connectivity index (χ4n) is 1.27. The lowest BCUT2D eigenvalue weighted by atomic mass is 10.2. The van der Waals surface area contributed by atoms with Crippen molar-refractivity contribution < 1.29 is 9.21 Å². The second-order valence-electron chi connectivity index (χ2n) is 3.41. The smallest absolute Gasteiger partial charge is 0.287 e. The van der Waals surface area contributed by atoms with Crippen LogP contribution in [0.25, 0.3) is 0 Å². The van der Waals surface area contributed by atoms with Crippen molar-refractivity contribution in [1.82, 2.24) is 5.32 Å². The van der Waals surface area contributed by atoms with Crippen LogP contribution in [0.5, 0.6) is 0 Å². The van der Waals surface area contributed by atoms with Crippen LogP contribution in [-0.4, -0.2) is 24.5 Å². The molecule has 1 aromatic rings. The summed E-state index contributed by atoms with van der Waals surface area (Å²) in [6, 6.07) is 3.38. The van der Waals surface area contributed by atoms with Crippen LogP contribution in [0.2, 0.25) is 0 Å². The van der Waals surface area contributed by atoms with E-state index in [1.54, 1.807) is 12.1 Å². The molecule has 1 rings (SSSR count). The lowest BCUT2D eigenvalue weighted by Crippen LogP contribution is -2.23. The highest BCUT2D eigenvalue weighted by molar-refractivity contribution is 9.10. The monoisotopic (exact) mass is 305 g/mol. The lowest BCUT2D eigenvalue weighted by molar-refractivity contribution is 0.0924. The molecule has 0 bridgehead atoms. The molecule has 0 aromatic carbocycles. The molecular weight excluding hydrogens is 290 g/mol. The van der Waals surface area contributed by atoms with Crippen LogP contribution in [0, 0.1) is 0 Å². The van der Waals surface area contributed by atoms with Gasteiger partial charge in [-0.3, -0.25) is 4.79 Å². The average molecular weight is 306 g/mol. The minimum Gasteiger partial charge on any atom is -0.444 e. The Morgan fingerprint density at radius 2 is 2.25 bits per heavy atom. The summed E-state index contributed by atoms with van der Waals surface area (Å²) >= 11 is 5.02. The minimum atomic E-state index is -0.143. The second kappa shape index (κ2) is 7.79. The van der Waals surface area contributed by atoms with E-state index in [2.05, 4.69) is 27.5 Å². The number of hydrogen-bond donors (Lipinski definition) is 1. The first-order valence-corrected chi connectivity index (χ1v) is 7.45. The summed E-state index contributed by atoms with van der Waals surface area (Å²) in [5.41, 5.74) is 0. The molecule has 0 saturated carbocycles. The van der Waals surface area contributed by atoms with Crippen LogP contribution < -0.4 is 5.32 Å². The van der Waals surface area contributed by atoms with E-state index in [-0.39, 0.29) is 5.91 Å². The highest BCUT2D eigenvalue weighted by Crippen LogP contribution is 2.13. The highest BCUT2D eigenvalue weighted by atomic mass is 79.9. The van der Waals surface area contributed by atoms with Crippen molar-refractivity contribution in [2.24, 2.45) is 0 Å². The van der Waals surface area contributed by atoms with E-state index in [9.17, 15) is 4.79 Å². The standard InChI is InChI=1S/C11H16BrNO2S/c1-16-8-4-2-3-7-13-11(14)9-5-6-10(12)15-9/h5-6H,2-4,7-8H2,1H3,(H,13,14). The molecule has 1 aromatic heterocycles. The van der Waals surface area contributed by atoms with E-state index in [0.29, 0.717) is 17.0 Å². The molecule has 5 heteroatoms. The Bertz CT molecular complexity index is 328. The third-order valence-electron chi connectivity index (χ3n) is 2.11. The van der Waals surface area contributed by atoms with E-state index < -0.39 is 0 Å². The Morgan fingerprint density at radius 3 is 2.88 bits per heavy atom. The summed E-state index contributed by atoms with van der Waals surface area (Å²) in [7, 11) is 0. The number of carbonyl (C=O) groups excluding carboxylic acids is 1. The van der Waals surface area contributed by atoms with Crippen LogP contribution >= 0.6 is 27.7 Å². The number of hydrogen-bond acceptors (Lipinski definition) is 3.